The predicted molar refractivity (Wildman–Crippen MR) is 125 cm³/mol. The Morgan fingerprint density at radius 3 is 2.35 bits per heavy atom. The summed E-state index contributed by atoms with van der Waals surface area (Å²) >= 11 is 0. The van der Waals surface area contributed by atoms with Crippen LogP contribution in [-0.4, -0.2) is 73.8 Å². The molecule has 0 amide bonds. The lowest BCUT2D eigenvalue weighted by atomic mass is 9.91. The molecule has 0 bridgehead atoms. The first kappa shape index (κ1) is 20.8. The molecule has 1 saturated heterocycles. The highest BCUT2D eigenvalue weighted by atomic mass is 32.2. The van der Waals surface area contributed by atoms with E-state index in [1.54, 1.807) is 4.31 Å². The number of benzene rings is 1. The van der Waals surface area contributed by atoms with Crippen LogP contribution in [0, 0.1) is 5.92 Å². The molecule has 31 heavy (non-hydrogen) atoms. The van der Waals surface area contributed by atoms with Crippen LogP contribution in [0.1, 0.15) is 38.2 Å². The number of nitrogens with zero attached hydrogens (tertiary/aromatic N) is 4. The molecule has 1 aromatic carbocycles. The van der Waals surface area contributed by atoms with Crippen molar-refractivity contribution in [3.05, 3.63) is 53.0 Å². The van der Waals surface area contributed by atoms with Gasteiger partial charge in [-0.1, -0.05) is 49.8 Å². The summed E-state index contributed by atoms with van der Waals surface area (Å²) in [6, 6.07) is 11.0. The Labute approximate surface area is 186 Å². The summed E-state index contributed by atoms with van der Waals surface area (Å²) in [6.07, 6.45) is 8.49. The summed E-state index contributed by atoms with van der Waals surface area (Å²) in [5, 5.41) is 0. The molecule has 1 saturated carbocycles. The molecule has 2 aliphatic heterocycles. The van der Waals surface area contributed by atoms with Crippen LogP contribution < -0.4 is 0 Å². The monoisotopic (exact) mass is 440 g/mol. The van der Waals surface area contributed by atoms with E-state index in [9.17, 15) is 8.42 Å². The summed E-state index contributed by atoms with van der Waals surface area (Å²) in [4.78, 5) is 9.88. The molecule has 1 aromatic rings. The minimum Gasteiger partial charge on any atom is -0.339 e. The number of hydrogen-bond acceptors (Lipinski definition) is 5. The van der Waals surface area contributed by atoms with Crippen LogP contribution in [0.5, 0.6) is 0 Å². The first-order chi connectivity index (χ1) is 15.0. The van der Waals surface area contributed by atoms with Gasteiger partial charge in [-0.3, -0.25) is 9.89 Å². The quantitative estimate of drug-likeness (QED) is 0.722. The lowest BCUT2D eigenvalue weighted by molar-refractivity contribution is 0.0833. The zero-order chi connectivity index (χ0) is 21.4. The van der Waals surface area contributed by atoms with Crippen molar-refractivity contribution in [1.82, 2.24) is 14.1 Å². The molecule has 5 rings (SSSR count). The summed E-state index contributed by atoms with van der Waals surface area (Å²) < 4.78 is 28.8. The number of hydrogen-bond donors (Lipinski definition) is 0. The molecule has 2 aliphatic carbocycles. The Kier molecular flexibility index (Phi) is 5.65. The van der Waals surface area contributed by atoms with Crippen LogP contribution in [0.3, 0.4) is 0 Å². The van der Waals surface area contributed by atoms with E-state index in [1.165, 1.54) is 24.8 Å². The van der Waals surface area contributed by atoms with E-state index >= 15 is 0 Å². The molecule has 0 radical (unpaired) electrons. The standard InChI is InChI=1S/C24H32N4O2S/c1-19-18-21(20-6-3-2-4-7-20)10-11-23(19)31(29,30)28-13-12-25-24(28)27-16-14-26(15-17-27)22-8-5-9-22/h2-4,6-7,10-11,19,22H,5,8-9,12-18H2,1H3. The highest BCUT2D eigenvalue weighted by Crippen LogP contribution is 2.35. The van der Waals surface area contributed by atoms with Crippen LogP contribution in [0.2, 0.25) is 0 Å². The lowest BCUT2D eigenvalue weighted by Crippen LogP contribution is -2.56. The van der Waals surface area contributed by atoms with Crippen LogP contribution in [0.4, 0.5) is 0 Å². The Bertz CT molecular complexity index is 1000. The van der Waals surface area contributed by atoms with Crippen molar-refractivity contribution in [3.8, 4) is 0 Å². The molecule has 166 valence electrons. The fourth-order valence-electron chi connectivity index (χ4n) is 5.12. The Morgan fingerprint density at radius 1 is 0.968 bits per heavy atom. The van der Waals surface area contributed by atoms with Crippen LogP contribution in [0.25, 0.3) is 5.57 Å². The van der Waals surface area contributed by atoms with Gasteiger partial charge in [0.1, 0.15) is 0 Å². The molecular formula is C24H32N4O2S. The van der Waals surface area contributed by atoms with Gasteiger partial charge in [0.15, 0.2) is 0 Å². The second-order valence-electron chi connectivity index (χ2n) is 9.10. The molecule has 0 aromatic heterocycles. The SMILES string of the molecule is CC1CC(c2ccccc2)=CC=C1S(=O)(=O)N1CCN=C1N1CCN(C2CCC2)CC1. The number of guanidine groups is 1. The van der Waals surface area contributed by atoms with Crippen LogP contribution in [-0.2, 0) is 10.0 Å². The number of rotatable bonds is 4. The highest BCUT2D eigenvalue weighted by molar-refractivity contribution is 7.93. The Hall–Kier alpha value is -2.12. The molecule has 2 fully saturated rings. The Morgan fingerprint density at radius 2 is 1.71 bits per heavy atom. The lowest BCUT2D eigenvalue weighted by Gasteiger charge is -2.44. The Balaban J connectivity index is 1.32. The summed E-state index contributed by atoms with van der Waals surface area (Å²) in [6.45, 7) is 6.72. The number of sulfonamides is 1. The maximum atomic E-state index is 13.6. The molecule has 1 atom stereocenters. The van der Waals surface area contributed by atoms with E-state index in [2.05, 4.69) is 26.9 Å². The van der Waals surface area contributed by atoms with Gasteiger partial charge in [0.25, 0.3) is 10.0 Å². The maximum Gasteiger partial charge on any atom is 0.263 e. The van der Waals surface area contributed by atoms with Crippen molar-refractivity contribution >= 4 is 21.6 Å². The van der Waals surface area contributed by atoms with E-state index in [4.69, 9.17) is 0 Å². The summed E-state index contributed by atoms with van der Waals surface area (Å²) in [5.41, 5.74) is 2.35. The molecule has 6 nitrogen and oxygen atoms in total. The van der Waals surface area contributed by atoms with Gasteiger partial charge in [0, 0.05) is 32.2 Å². The summed E-state index contributed by atoms with van der Waals surface area (Å²) in [5.74, 6) is 0.599. The fourth-order valence-corrected chi connectivity index (χ4v) is 6.92. The van der Waals surface area contributed by atoms with E-state index in [1.807, 2.05) is 37.3 Å². The van der Waals surface area contributed by atoms with E-state index in [-0.39, 0.29) is 5.92 Å². The molecule has 2 heterocycles. The smallest absolute Gasteiger partial charge is 0.263 e. The maximum absolute atomic E-state index is 13.6. The third kappa shape index (κ3) is 3.94. The van der Waals surface area contributed by atoms with Crippen molar-refractivity contribution in [1.29, 1.82) is 0 Å². The highest BCUT2D eigenvalue weighted by Gasteiger charge is 2.39. The van der Waals surface area contributed by atoms with Gasteiger partial charge in [-0.15, -0.1) is 0 Å². The average molecular weight is 441 g/mol. The minimum absolute atomic E-state index is 0.0532. The first-order valence-electron chi connectivity index (χ1n) is 11.6. The third-order valence-electron chi connectivity index (χ3n) is 7.16. The molecule has 1 unspecified atom stereocenters. The first-order valence-corrected chi connectivity index (χ1v) is 13.0. The number of allylic oxidation sites excluding steroid dienone is 4. The normalized spacial score (nSPS) is 25.7. The number of aliphatic imine (C=N–C) groups is 1. The number of piperazine rings is 1. The minimum atomic E-state index is -3.57. The van der Waals surface area contributed by atoms with E-state index in [0.717, 1.165) is 44.2 Å². The predicted octanol–water partition coefficient (Wildman–Crippen LogP) is 3.17. The average Bonchev–Trinajstić information content (AvgIpc) is 3.24. The van der Waals surface area contributed by atoms with Gasteiger partial charge in [-0.2, -0.15) is 0 Å². The van der Waals surface area contributed by atoms with Crippen molar-refractivity contribution in [2.75, 3.05) is 39.3 Å². The van der Waals surface area contributed by atoms with Gasteiger partial charge >= 0.3 is 0 Å². The van der Waals surface area contributed by atoms with E-state index in [0.29, 0.717) is 24.0 Å². The molecule has 0 N–H and O–H groups in total. The van der Waals surface area contributed by atoms with Gasteiger partial charge in [0.2, 0.25) is 5.96 Å². The second-order valence-corrected chi connectivity index (χ2v) is 11.0. The molecule has 4 aliphatic rings. The molecule has 7 heteroatoms. The van der Waals surface area contributed by atoms with Crippen molar-refractivity contribution in [3.63, 3.8) is 0 Å². The topological polar surface area (TPSA) is 56.2 Å². The summed E-state index contributed by atoms with van der Waals surface area (Å²) in [7, 11) is -3.57. The van der Waals surface area contributed by atoms with Crippen molar-refractivity contribution < 1.29 is 8.42 Å². The van der Waals surface area contributed by atoms with Gasteiger partial charge in [-0.05, 0) is 42.4 Å². The zero-order valence-electron chi connectivity index (χ0n) is 18.3. The molecular weight excluding hydrogens is 408 g/mol. The largest absolute Gasteiger partial charge is 0.339 e. The van der Waals surface area contributed by atoms with Crippen molar-refractivity contribution in [2.24, 2.45) is 10.9 Å². The van der Waals surface area contributed by atoms with Gasteiger partial charge in [0.05, 0.1) is 18.0 Å². The fraction of sp³-hybridized carbons (Fsp3) is 0.542. The zero-order valence-corrected chi connectivity index (χ0v) is 19.1. The van der Waals surface area contributed by atoms with Gasteiger partial charge < -0.3 is 4.90 Å². The molecule has 0 spiro atoms. The van der Waals surface area contributed by atoms with Crippen molar-refractivity contribution in [2.45, 2.75) is 38.6 Å². The second kappa shape index (κ2) is 8.43. The van der Waals surface area contributed by atoms with Crippen LogP contribution >= 0.6 is 0 Å². The van der Waals surface area contributed by atoms with E-state index < -0.39 is 10.0 Å². The van der Waals surface area contributed by atoms with Gasteiger partial charge in [-0.25, -0.2) is 12.7 Å². The third-order valence-corrected chi connectivity index (χ3v) is 9.22. The van der Waals surface area contributed by atoms with Crippen LogP contribution in [0.15, 0.2) is 52.4 Å².